The predicted molar refractivity (Wildman–Crippen MR) is 85.6 cm³/mol. The van der Waals surface area contributed by atoms with Crippen molar-refractivity contribution < 1.29 is 4.79 Å². The second-order valence-corrected chi connectivity index (χ2v) is 5.51. The highest BCUT2D eigenvalue weighted by Crippen LogP contribution is 2.13. The number of hydrogen-bond acceptors (Lipinski definition) is 4. The molecule has 2 N–H and O–H groups in total. The van der Waals surface area contributed by atoms with Gasteiger partial charge in [-0.25, -0.2) is 0 Å². The van der Waals surface area contributed by atoms with Crippen molar-refractivity contribution in [2.24, 2.45) is 0 Å². The van der Waals surface area contributed by atoms with E-state index in [1.165, 1.54) is 25.9 Å². The van der Waals surface area contributed by atoms with E-state index in [-0.39, 0.29) is 5.91 Å². The number of anilines is 1. The summed E-state index contributed by atoms with van der Waals surface area (Å²) in [6, 6.07) is 1.77. The van der Waals surface area contributed by atoms with E-state index in [9.17, 15) is 4.79 Å². The normalized spacial score (nSPS) is 15.1. The highest BCUT2D eigenvalue weighted by molar-refractivity contribution is 5.99. The Hall–Kier alpha value is -1.62. The first-order valence-electron chi connectivity index (χ1n) is 7.99. The van der Waals surface area contributed by atoms with Gasteiger partial charge in [0.05, 0.1) is 17.4 Å². The van der Waals surface area contributed by atoms with Crippen LogP contribution in [0.4, 0.5) is 5.69 Å². The number of amides is 1. The fourth-order valence-electron chi connectivity index (χ4n) is 2.60. The predicted octanol–water partition coefficient (Wildman–Crippen LogP) is 2.12. The fraction of sp³-hybridized carbons (Fsp3) is 0.625. The van der Waals surface area contributed by atoms with Crippen molar-refractivity contribution in [2.45, 2.75) is 32.6 Å². The Morgan fingerprint density at radius 2 is 2.14 bits per heavy atom. The molecule has 0 unspecified atom stereocenters. The molecule has 0 saturated carbocycles. The molecular weight excluding hydrogens is 264 g/mol. The summed E-state index contributed by atoms with van der Waals surface area (Å²) in [6.07, 6.45) is 8.04. The molecule has 5 heteroatoms. The Morgan fingerprint density at radius 3 is 2.90 bits per heavy atom. The van der Waals surface area contributed by atoms with Gasteiger partial charge in [-0.2, -0.15) is 0 Å². The first-order chi connectivity index (χ1) is 10.3. The van der Waals surface area contributed by atoms with Gasteiger partial charge in [-0.05, 0) is 51.4 Å². The number of hydrogen-bond donors (Lipinski definition) is 2. The molecular formula is C16H26N4O. The van der Waals surface area contributed by atoms with Crippen LogP contribution in [-0.2, 0) is 0 Å². The molecule has 5 nitrogen and oxygen atoms in total. The number of aromatic nitrogens is 1. The Labute approximate surface area is 127 Å². The van der Waals surface area contributed by atoms with Crippen molar-refractivity contribution in [1.82, 2.24) is 15.2 Å². The third-order valence-electron chi connectivity index (χ3n) is 3.77. The fourth-order valence-corrected chi connectivity index (χ4v) is 2.60. The average molecular weight is 290 g/mol. The molecule has 0 aliphatic carbocycles. The van der Waals surface area contributed by atoms with E-state index < -0.39 is 0 Å². The molecule has 21 heavy (non-hydrogen) atoms. The van der Waals surface area contributed by atoms with Crippen LogP contribution < -0.4 is 10.6 Å². The van der Waals surface area contributed by atoms with Gasteiger partial charge in [0.15, 0.2) is 0 Å². The molecule has 1 aliphatic heterocycles. The second kappa shape index (κ2) is 8.62. The Balaban J connectivity index is 1.76. The monoisotopic (exact) mass is 290 g/mol. The number of nitrogens with zero attached hydrogens (tertiary/aromatic N) is 2. The zero-order valence-corrected chi connectivity index (χ0v) is 12.9. The van der Waals surface area contributed by atoms with E-state index in [1.54, 1.807) is 18.5 Å². The Morgan fingerprint density at radius 1 is 1.33 bits per heavy atom. The zero-order valence-electron chi connectivity index (χ0n) is 12.9. The number of rotatable bonds is 8. The lowest BCUT2D eigenvalue weighted by atomic mass is 10.2. The van der Waals surface area contributed by atoms with Gasteiger partial charge in [0.2, 0.25) is 0 Å². The molecule has 1 aliphatic rings. The maximum absolute atomic E-state index is 12.2. The van der Waals surface area contributed by atoms with Crippen LogP contribution in [0.25, 0.3) is 0 Å². The van der Waals surface area contributed by atoms with Crippen molar-refractivity contribution in [3.63, 3.8) is 0 Å². The van der Waals surface area contributed by atoms with Crippen LogP contribution >= 0.6 is 0 Å². The van der Waals surface area contributed by atoms with Gasteiger partial charge in [0.25, 0.3) is 5.91 Å². The lowest BCUT2D eigenvalue weighted by Crippen LogP contribution is -2.29. The van der Waals surface area contributed by atoms with Gasteiger partial charge in [0.1, 0.15) is 0 Å². The topological polar surface area (TPSA) is 57.3 Å². The molecule has 2 heterocycles. The first kappa shape index (κ1) is 15.8. The molecule has 1 saturated heterocycles. The van der Waals surface area contributed by atoms with Crippen LogP contribution in [-0.4, -0.2) is 48.5 Å². The van der Waals surface area contributed by atoms with Crippen LogP contribution in [0.1, 0.15) is 43.0 Å². The quantitative estimate of drug-likeness (QED) is 0.720. The van der Waals surface area contributed by atoms with E-state index in [0.29, 0.717) is 5.56 Å². The van der Waals surface area contributed by atoms with Gasteiger partial charge in [0, 0.05) is 19.3 Å². The molecule has 1 amide bonds. The summed E-state index contributed by atoms with van der Waals surface area (Å²) in [5, 5.41) is 6.25. The maximum Gasteiger partial charge on any atom is 0.253 e. The third-order valence-corrected chi connectivity index (χ3v) is 3.77. The summed E-state index contributed by atoms with van der Waals surface area (Å²) >= 11 is 0. The first-order valence-corrected chi connectivity index (χ1v) is 7.99. The second-order valence-electron chi connectivity index (χ2n) is 5.51. The van der Waals surface area contributed by atoms with E-state index in [0.717, 1.165) is 38.2 Å². The van der Waals surface area contributed by atoms with Crippen molar-refractivity contribution in [3.8, 4) is 0 Å². The summed E-state index contributed by atoms with van der Waals surface area (Å²) in [7, 11) is 0. The van der Waals surface area contributed by atoms with Crippen LogP contribution in [0, 0.1) is 0 Å². The molecule has 1 aromatic rings. The van der Waals surface area contributed by atoms with Crippen LogP contribution in [0.2, 0.25) is 0 Å². The lowest BCUT2D eigenvalue weighted by Gasteiger charge is -2.15. The SMILES string of the molecule is CCCNc1cnccc1C(=O)NCCCN1CCCC1. The molecule has 0 bridgehead atoms. The number of carbonyl (C=O) groups excluding carboxylic acids is 1. The van der Waals surface area contributed by atoms with Crippen LogP contribution in [0.3, 0.4) is 0 Å². The molecule has 2 rings (SSSR count). The summed E-state index contributed by atoms with van der Waals surface area (Å²) in [5.74, 6) is -0.0163. The van der Waals surface area contributed by atoms with Crippen LogP contribution in [0.5, 0.6) is 0 Å². The number of pyridine rings is 1. The minimum Gasteiger partial charge on any atom is -0.383 e. The van der Waals surface area contributed by atoms with Gasteiger partial charge < -0.3 is 15.5 Å². The van der Waals surface area contributed by atoms with Gasteiger partial charge >= 0.3 is 0 Å². The molecule has 0 atom stereocenters. The number of likely N-dealkylation sites (tertiary alicyclic amines) is 1. The molecule has 0 spiro atoms. The van der Waals surface area contributed by atoms with E-state index >= 15 is 0 Å². The van der Waals surface area contributed by atoms with E-state index in [1.807, 2.05) is 0 Å². The van der Waals surface area contributed by atoms with Gasteiger partial charge in [-0.1, -0.05) is 6.92 Å². The molecule has 1 fully saturated rings. The minimum absolute atomic E-state index is 0.0163. The summed E-state index contributed by atoms with van der Waals surface area (Å²) in [5.41, 5.74) is 1.50. The molecule has 116 valence electrons. The summed E-state index contributed by atoms with van der Waals surface area (Å²) in [6.45, 7) is 7.18. The Bertz CT molecular complexity index is 444. The smallest absolute Gasteiger partial charge is 0.253 e. The molecule has 1 aromatic heterocycles. The lowest BCUT2D eigenvalue weighted by molar-refractivity contribution is 0.0952. The maximum atomic E-state index is 12.2. The number of carbonyl (C=O) groups is 1. The average Bonchev–Trinajstić information content (AvgIpc) is 3.03. The van der Waals surface area contributed by atoms with Crippen LogP contribution in [0.15, 0.2) is 18.5 Å². The van der Waals surface area contributed by atoms with Gasteiger partial charge in [-0.15, -0.1) is 0 Å². The van der Waals surface area contributed by atoms with Crippen molar-refractivity contribution >= 4 is 11.6 Å². The zero-order chi connectivity index (χ0) is 14.9. The highest BCUT2D eigenvalue weighted by Gasteiger charge is 2.12. The largest absolute Gasteiger partial charge is 0.383 e. The Kier molecular flexibility index (Phi) is 6.47. The van der Waals surface area contributed by atoms with E-state index in [4.69, 9.17) is 0 Å². The van der Waals surface area contributed by atoms with Crippen molar-refractivity contribution in [2.75, 3.05) is 38.0 Å². The number of nitrogens with one attached hydrogen (secondary N) is 2. The third kappa shape index (κ3) is 5.01. The summed E-state index contributed by atoms with van der Waals surface area (Å²) < 4.78 is 0. The van der Waals surface area contributed by atoms with Gasteiger partial charge in [-0.3, -0.25) is 9.78 Å². The minimum atomic E-state index is -0.0163. The standard InChI is InChI=1S/C16H26N4O/c1-2-7-18-15-13-17-9-6-14(15)16(21)19-8-5-12-20-10-3-4-11-20/h6,9,13,18H,2-5,7-8,10-12H2,1H3,(H,19,21). The van der Waals surface area contributed by atoms with E-state index in [2.05, 4.69) is 27.4 Å². The van der Waals surface area contributed by atoms with Crippen molar-refractivity contribution in [1.29, 1.82) is 0 Å². The summed E-state index contributed by atoms with van der Waals surface area (Å²) in [4.78, 5) is 18.8. The molecule has 0 radical (unpaired) electrons. The van der Waals surface area contributed by atoms with Crippen molar-refractivity contribution in [3.05, 3.63) is 24.0 Å². The molecule has 0 aromatic carbocycles. The highest BCUT2D eigenvalue weighted by atomic mass is 16.1.